The van der Waals surface area contributed by atoms with E-state index in [1.165, 1.54) is 32.1 Å². The summed E-state index contributed by atoms with van der Waals surface area (Å²) >= 11 is 0. The molecule has 0 aromatic heterocycles. The minimum atomic E-state index is -0.0664. The van der Waals surface area contributed by atoms with Crippen LogP contribution in [0.1, 0.15) is 51.4 Å². The average molecular weight is 241 g/mol. The largest absolute Gasteiger partial charge is 0.396 e. The SMILES string of the molecule is OCC1(CNCC2CCC(O)C2)CCCCC1. The van der Waals surface area contributed by atoms with Gasteiger partial charge in [0.2, 0.25) is 0 Å². The molecule has 2 aliphatic rings. The van der Waals surface area contributed by atoms with Crippen molar-refractivity contribution in [1.29, 1.82) is 0 Å². The molecule has 2 unspecified atom stereocenters. The molecular formula is C14H27NO2. The van der Waals surface area contributed by atoms with Crippen molar-refractivity contribution in [2.24, 2.45) is 11.3 Å². The van der Waals surface area contributed by atoms with Crippen LogP contribution >= 0.6 is 0 Å². The number of nitrogens with one attached hydrogen (secondary N) is 1. The van der Waals surface area contributed by atoms with Gasteiger partial charge in [-0.15, -0.1) is 0 Å². The molecule has 3 nitrogen and oxygen atoms in total. The Bertz CT molecular complexity index is 226. The van der Waals surface area contributed by atoms with Gasteiger partial charge in [0.1, 0.15) is 0 Å². The average Bonchev–Trinajstić information content (AvgIpc) is 2.76. The highest BCUT2D eigenvalue weighted by molar-refractivity contribution is 4.85. The van der Waals surface area contributed by atoms with Gasteiger partial charge in [0.15, 0.2) is 0 Å². The van der Waals surface area contributed by atoms with Crippen LogP contribution < -0.4 is 5.32 Å². The molecule has 100 valence electrons. The van der Waals surface area contributed by atoms with Crippen molar-refractivity contribution in [1.82, 2.24) is 5.32 Å². The maximum Gasteiger partial charge on any atom is 0.0543 e. The second kappa shape index (κ2) is 6.17. The monoisotopic (exact) mass is 241 g/mol. The third-order valence-corrected chi connectivity index (χ3v) is 4.70. The van der Waals surface area contributed by atoms with Crippen LogP contribution in [-0.4, -0.2) is 36.0 Å². The normalized spacial score (nSPS) is 32.8. The van der Waals surface area contributed by atoms with Crippen molar-refractivity contribution in [2.45, 2.75) is 57.5 Å². The first-order valence-corrected chi connectivity index (χ1v) is 7.24. The molecule has 0 heterocycles. The molecule has 2 fully saturated rings. The summed E-state index contributed by atoms with van der Waals surface area (Å²) in [5, 5.41) is 22.6. The third-order valence-electron chi connectivity index (χ3n) is 4.70. The Hall–Kier alpha value is -0.120. The smallest absolute Gasteiger partial charge is 0.0543 e. The van der Waals surface area contributed by atoms with Crippen molar-refractivity contribution >= 4 is 0 Å². The van der Waals surface area contributed by atoms with Crippen LogP contribution in [0.15, 0.2) is 0 Å². The quantitative estimate of drug-likeness (QED) is 0.686. The van der Waals surface area contributed by atoms with Crippen LogP contribution in [0.3, 0.4) is 0 Å². The fourth-order valence-electron chi connectivity index (χ4n) is 3.47. The standard InChI is InChI=1S/C14H27NO2/c16-11-14(6-2-1-3-7-14)10-15-9-12-4-5-13(17)8-12/h12-13,15-17H,1-11H2. The number of hydrogen-bond donors (Lipinski definition) is 3. The van der Waals surface area contributed by atoms with Gasteiger partial charge in [0.05, 0.1) is 6.10 Å². The molecule has 2 aliphatic carbocycles. The van der Waals surface area contributed by atoms with E-state index in [2.05, 4.69) is 5.32 Å². The summed E-state index contributed by atoms with van der Waals surface area (Å²) in [5.41, 5.74) is 0.148. The predicted octanol–water partition coefficient (Wildman–Crippen LogP) is 1.68. The first-order chi connectivity index (χ1) is 8.24. The first-order valence-electron chi connectivity index (χ1n) is 7.24. The fraction of sp³-hybridized carbons (Fsp3) is 1.00. The van der Waals surface area contributed by atoms with E-state index >= 15 is 0 Å². The molecule has 0 saturated heterocycles. The highest BCUT2D eigenvalue weighted by Crippen LogP contribution is 2.35. The summed E-state index contributed by atoms with van der Waals surface area (Å²) in [4.78, 5) is 0. The van der Waals surface area contributed by atoms with Crippen molar-refractivity contribution < 1.29 is 10.2 Å². The Morgan fingerprint density at radius 3 is 2.47 bits per heavy atom. The third kappa shape index (κ3) is 3.67. The summed E-state index contributed by atoms with van der Waals surface area (Å²) in [6.45, 7) is 2.29. The van der Waals surface area contributed by atoms with E-state index < -0.39 is 0 Å². The molecule has 0 spiro atoms. The van der Waals surface area contributed by atoms with Crippen LogP contribution in [0.2, 0.25) is 0 Å². The highest BCUT2D eigenvalue weighted by Gasteiger charge is 2.31. The number of rotatable bonds is 5. The molecule has 2 saturated carbocycles. The molecule has 3 heteroatoms. The Balaban J connectivity index is 1.69. The lowest BCUT2D eigenvalue weighted by molar-refractivity contribution is 0.0801. The Labute approximate surface area is 105 Å². The van der Waals surface area contributed by atoms with Crippen molar-refractivity contribution in [3.05, 3.63) is 0 Å². The van der Waals surface area contributed by atoms with Crippen molar-refractivity contribution in [2.75, 3.05) is 19.7 Å². The molecule has 2 rings (SSSR count). The van der Waals surface area contributed by atoms with E-state index in [0.29, 0.717) is 12.5 Å². The van der Waals surface area contributed by atoms with Crippen LogP contribution in [0.25, 0.3) is 0 Å². The number of hydrogen-bond acceptors (Lipinski definition) is 3. The van der Waals surface area contributed by atoms with Gasteiger partial charge in [0.25, 0.3) is 0 Å². The van der Waals surface area contributed by atoms with E-state index in [4.69, 9.17) is 0 Å². The van der Waals surface area contributed by atoms with Crippen LogP contribution in [-0.2, 0) is 0 Å². The van der Waals surface area contributed by atoms with Crippen LogP contribution in [0, 0.1) is 11.3 Å². The van der Waals surface area contributed by atoms with Crippen molar-refractivity contribution in [3.8, 4) is 0 Å². The molecule has 0 radical (unpaired) electrons. The van der Waals surface area contributed by atoms with Crippen LogP contribution in [0.5, 0.6) is 0 Å². The topological polar surface area (TPSA) is 52.5 Å². The van der Waals surface area contributed by atoms with Gasteiger partial charge in [-0.05, 0) is 44.6 Å². The molecule has 0 aliphatic heterocycles. The zero-order valence-corrected chi connectivity index (χ0v) is 10.8. The first kappa shape index (κ1) is 13.3. The molecule has 0 aromatic rings. The Morgan fingerprint density at radius 2 is 1.88 bits per heavy atom. The van der Waals surface area contributed by atoms with Gasteiger partial charge in [-0.25, -0.2) is 0 Å². The Morgan fingerprint density at radius 1 is 1.12 bits per heavy atom. The molecular weight excluding hydrogens is 214 g/mol. The summed E-state index contributed by atoms with van der Waals surface area (Å²) in [7, 11) is 0. The maximum absolute atomic E-state index is 9.60. The van der Waals surface area contributed by atoms with Crippen LogP contribution in [0.4, 0.5) is 0 Å². The molecule has 0 bridgehead atoms. The van der Waals surface area contributed by atoms with Gasteiger partial charge >= 0.3 is 0 Å². The zero-order valence-electron chi connectivity index (χ0n) is 10.8. The lowest BCUT2D eigenvalue weighted by atomic mass is 9.74. The molecule has 0 amide bonds. The van der Waals surface area contributed by atoms with Gasteiger partial charge in [0, 0.05) is 18.6 Å². The minimum Gasteiger partial charge on any atom is -0.396 e. The second-order valence-corrected chi connectivity index (χ2v) is 6.18. The highest BCUT2D eigenvalue weighted by atomic mass is 16.3. The summed E-state index contributed by atoms with van der Waals surface area (Å²) in [5.74, 6) is 0.643. The minimum absolute atomic E-state index is 0.0664. The van der Waals surface area contributed by atoms with E-state index in [1.54, 1.807) is 0 Å². The lowest BCUT2D eigenvalue weighted by Crippen LogP contribution is -2.40. The summed E-state index contributed by atoms with van der Waals surface area (Å²) in [6, 6.07) is 0. The maximum atomic E-state index is 9.60. The van der Waals surface area contributed by atoms with Gasteiger partial charge in [-0.2, -0.15) is 0 Å². The number of aliphatic hydroxyl groups excluding tert-OH is 2. The van der Waals surface area contributed by atoms with Crippen molar-refractivity contribution in [3.63, 3.8) is 0 Å². The predicted molar refractivity (Wildman–Crippen MR) is 68.8 cm³/mol. The molecule has 0 aromatic carbocycles. The van der Waals surface area contributed by atoms with E-state index in [1.807, 2.05) is 0 Å². The molecule has 2 atom stereocenters. The zero-order chi connectivity index (χ0) is 12.1. The van der Waals surface area contributed by atoms with E-state index in [9.17, 15) is 10.2 Å². The number of aliphatic hydroxyl groups is 2. The van der Waals surface area contributed by atoms with Gasteiger partial charge < -0.3 is 15.5 Å². The van der Waals surface area contributed by atoms with Gasteiger partial charge in [-0.1, -0.05) is 19.3 Å². The second-order valence-electron chi connectivity index (χ2n) is 6.18. The molecule has 3 N–H and O–H groups in total. The van der Waals surface area contributed by atoms with E-state index in [-0.39, 0.29) is 11.5 Å². The lowest BCUT2D eigenvalue weighted by Gasteiger charge is -2.36. The van der Waals surface area contributed by atoms with E-state index in [0.717, 1.165) is 32.4 Å². The molecule has 17 heavy (non-hydrogen) atoms. The summed E-state index contributed by atoms with van der Waals surface area (Å²) < 4.78 is 0. The summed E-state index contributed by atoms with van der Waals surface area (Å²) in [6.07, 6.45) is 9.22. The Kier molecular flexibility index (Phi) is 4.83. The fourth-order valence-corrected chi connectivity index (χ4v) is 3.47. The van der Waals surface area contributed by atoms with Gasteiger partial charge in [-0.3, -0.25) is 0 Å².